The predicted molar refractivity (Wildman–Crippen MR) is 73.1 cm³/mol. The summed E-state index contributed by atoms with van der Waals surface area (Å²) in [6.07, 6.45) is 4.98. The zero-order valence-electron chi connectivity index (χ0n) is 11.5. The fourth-order valence-corrected chi connectivity index (χ4v) is 1.62. The Kier molecular flexibility index (Phi) is 6.16. The molecule has 1 aromatic rings. The molecule has 0 atom stereocenters. The summed E-state index contributed by atoms with van der Waals surface area (Å²) in [4.78, 5) is 6.52. The van der Waals surface area contributed by atoms with Gasteiger partial charge >= 0.3 is 0 Å². The maximum absolute atomic E-state index is 4.15. The van der Waals surface area contributed by atoms with Crippen LogP contribution in [0.15, 0.2) is 18.5 Å². The van der Waals surface area contributed by atoms with Crippen LogP contribution in [0.2, 0.25) is 0 Å². The fourth-order valence-electron chi connectivity index (χ4n) is 1.62. The van der Waals surface area contributed by atoms with Crippen LogP contribution in [0, 0.1) is 6.92 Å². The van der Waals surface area contributed by atoms with Gasteiger partial charge in [-0.25, -0.2) is 0 Å². The lowest BCUT2D eigenvalue weighted by Crippen LogP contribution is -2.29. The maximum Gasteiger partial charge on any atom is 0.0315 e. The number of pyridine rings is 1. The number of nitrogens with zero attached hydrogens (tertiary/aromatic N) is 2. The Morgan fingerprint density at radius 2 is 2.18 bits per heavy atom. The van der Waals surface area contributed by atoms with E-state index in [9.17, 15) is 0 Å². The van der Waals surface area contributed by atoms with Crippen LogP contribution in [0.3, 0.4) is 0 Å². The van der Waals surface area contributed by atoms with E-state index in [1.165, 1.54) is 17.5 Å². The fraction of sp³-hybridized carbons (Fsp3) is 0.643. The van der Waals surface area contributed by atoms with Gasteiger partial charge in [-0.05, 0) is 64.5 Å². The van der Waals surface area contributed by atoms with E-state index in [4.69, 9.17) is 0 Å². The van der Waals surface area contributed by atoms with Gasteiger partial charge in [-0.15, -0.1) is 0 Å². The molecule has 0 amide bonds. The minimum absolute atomic E-state index is 0.635. The molecule has 3 nitrogen and oxygen atoms in total. The highest BCUT2D eigenvalue weighted by Crippen LogP contribution is 2.03. The predicted octanol–water partition coefficient (Wildman–Crippen LogP) is 2.21. The Morgan fingerprint density at radius 1 is 1.41 bits per heavy atom. The molecule has 0 spiro atoms. The summed E-state index contributed by atoms with van der Waals surface area (Å²) >= 11 is 0. The standard InChI is InChI=1S/C14H25N3/c1-12(2)17(4)9-5-7-15-10-14-11-16-8-6-13(14)3/h6,8,11-12,15H,5,7,9-10H2,1-4H3. The quantitative estimate of drug-likeness (QED) is 0.734. The van der Waals surface area contributed by atoms with E-state index in [-0.39, 0.29) is 0 Å². The lowest BCUT2D eigenvalue weighted by molar-refractivity contribution is 0.269. The average Bonchev–Trinajstić information content (AvgIpc) is 2.30. The average molecular weight is 235 g/mol. The SMILES string of the molecule is Cc1ccncc1CNCCCN(C)C(C)C. The Morgan fingerprint density at radius 3 is 2.82 bits per heavy atom. The molecular formula is C14H25N3. The number of aryl methyl sites for hydroxylation is 1. The van der Waals surface area contributed by atoms with Crippen molar-refractivity contribution in [1.29, 1.82) is 0 Å². The number of aromatic nitrogens is 1. The Bertz CT molecular complexity index is 323. The zero-order valence-corrected chi connectivity index (χ0v) is 11.5. The van der Waals surface area contributed by atoms with Crippen molar-refractivity contribution < 1.29 is 0 Å². The molecule has 0 saturated carbocycles. The van der Waals surface area contributed by atoms with Crippen LogP contribution in [0.5, 0.6) is 0 Å². The second-order valence-electron chi connectivity index (χ2n) is 4.91. The molecule has 0 aromatic carbocycles. The minimum atomic E-state index is 0.635. The zero-order chi connectivity index (χ0) is 12.7. The summed E-state index contributed by atoms with van der Waals surface area (Å²) in [5.74, 6) is 0. The van der Waals surface area contributed by atoms with Gasteiger partial charge in [-0.2, -0.15) is 0 Å². The highest BCUT2D eigenvalue weighted by molar-refractivity contribution is 5.20. The number of hydrogen-bond acceptors (Lipinski definition) is 3. The van der Waals surface area contributed by atoms with Gasteiger partial charge in [0.05, 0.1) is 0 Å². The number of nitrogens with one attached hydrogen (secondary N) is 1. The van der Waals surface area contributed by atoms with Crippen LogP contribution in [0.4, 0.5) is 0 Å². The molecule has 0 unspecified atom stereocenters. The van der Waals surface area contributed by atoms with Crippen molar-refractivity contribution in [3.63, 3.8) is 0 Å². The van der Waals surface area contributed by atoms with E-state index in [2.05, 4.69) is 49.1 Å². The van der Waals surface area contributed by atoms with E-state index < -0.39 is 0 Å². The Labute approximate surface area is 105 Å². The van der Waals surface area contributed by atoms with Crippen LogP contribution in [-0.4, -0.2) is 36.1 Å². The van der Waals surface area contributed by atoms with E-state index in [0.717, 1.165) is 19.6 Å². The first-order valence-corrected chi connectivity index (χ1v) is 6.41. The molecule has 0 aliphatic heterocycles. The minimum Gasteiger partial charge on any atom is -0.313 e. The largest absolute Gasteiger partial charge is 0.313 e. The van der Waals surface area contributed by atoms with Crippen LogP contribution in [0.25, 0.3) is 0 Å². The van der Waals surface area contributed by atoms with Crippen LogP contribution >= 0.6 is 0 Å². The van der Waals surface area contributed by atoms with Gasteiger partial charge in [-0.3, -0.25) is 4.98 Å². The molecule has 3 heteroatoms. The molecule has 1 aromatic heterocycles. The first kappa shape index (κ1) is 14.1. The van der Waals surface area contributed by atoms with Crippen LogP contribution in [-0.2, 0) is 6.54 Å². The molecule has 17 heavy (non-hydrogen) atoms. The maximum atomic E-state index is 4.15. The van der Waals surface area contributed by atoms with Gasteiger partial charge in [0.15, 0.2) is 0 Å². The number of rotatable bonds is 7. The van der Waals surface area contributed by atoms with E-state index >= 15 is 0 Å². The Balaban J connectivity index is 2.15. The van der Waals surface area contributed by atoms with Gasteiger partial charge in [0.2, 0.25) is 0 Å². The van der Waals surface area contributed by atoms with Crippen molar-refractivity contribution in [2.75, 3.05) is 20.1 Å². The third kappa shape index (κ3) is 5.29. The van der Waals surface area contributed by atoms with Crippen molar-refractivity contribution in [2.24, 2.45) is 0 Å². The molecule has 1 heterocycles. The van der Waals surface area contributed by atoms with Gasteiger partial charge in [0.1, 0.15) is 0 Å². The van der Waals surface area contributed by atoms with E-state index in [1.807, 2.05) is 12.4 Å². The summed E-state index contributed by atoms with van der Waals surface area (Å²) in [5.41, 5.74) is 2.61. The molecule has 0 radical (unpaired) electrons. The molecule has 1 rings (SSSR count). The normalized spacial score (nSPS) is 11.4. The molecule has 0 fully saturated rings. The van der Waals surface area contributed by atoms with Crippen molar-refractivity contribution in [1.82, 2.24) is 15.2 Å². The second-order valence-corrected chi connectivity index (χ2v) is 4.91. The highest BCUT2D eigenvalue weighted by atomic mass is 15.1. The van der Waals surface area contributed by atoms with Crippen LogP contribution in [0.1, 0.15) is 31.4 Å². The van der Waals surface area contributed by atoms with Crippen molar-refractivity contribution in [3.05, 3.63) is 29.6 Å². The molecule has 0 saturated heterocycles. The summed E-state index contributed by atoms with van der Waals surface area (Å²) in [6, 6.07) is 2.69. The van der Waals surface area contributed by atoms with Crippen molar-refractivity contribution in [3.8, 4) is 0 Å². The lowest BCUT2D eigenvalue weighted by atomic mass is 10.1. The Hall–Kier alpha value is -0.930. The van der Waals surface area contributed by atoms with Gasteiger partial charge < -0.3 is 10.2 Å². The molecule has 0 aliphatic carbocycles. The van der Waals surface area contributed by atoms with E-state index in [1.54, 1.807) is 0 Å². The summed E-state index contributed by atoms with van der Waals surface area (Å²) < 4.78 is 0. The number of hydrogen-bond donors (Lipinski definition) is 1. The lowest BCUT2D eigenvalue weighted by Gasteiger charge is -2.20. The molecular weight excluding hydrogens is 210 g/mol. The smallest absolute Gasteiger partial charge is 0.0315 e. The van der Waals surface area contributed by atoms with Crippen molar-refractivity contribution >= 4 is 0 Å². The molecule has 1 N–H and O–H groups in total. The highest BCUT2D eigenvalue weighted by Gasteiger charge is 2.02. The van der Waals surface area contributed by atoms with Gasteiger partial charge in [0.25, 0.3) is 0 Å². The summed E-state index contributed by atoms with van der Waals surface area (Å²) in [7, 11) is 2.18. The monoisotopic (exact) mass is 235 g/mol. The molecule has 0 aliphatic rings. The summed E-state index contributed by atoms with van der Waals surface area (Å²) in [5, 5.41) is 3.47. The summed E-state index contributed by atoms with van der Waals surface area (Å²) in [6.45, 7) is 9.72. The second kappa shape index (κ2) is 7.41. The van der Waals surface area contributed by atoms with Crippen LogP contribution < -0.4 is 5.32 Å². The van der Waals surface area contributed by atoms with Gasteiger partial charge in [0, 0.05) is 25.0 Å². The first-order valence-electron chi connectivity index (χ1n) is 6.41. The molecule has 96 valence electrons. The van der Waals surface area contributed by atoms with Crippen molar-refractivity contribution in [2.45, 2.75) is 39.8 Å². The molecule has 0 bridgehead atoms. The third-order valence-corrected chi connectivity index (χ3v) is 3.21. The topological polar surface area (TPSA) is 28.2 Å². The third-order valence-electron chi connectivity index (χ3n) is 3.21. The van der Waals surface area contributed by atoms with Gasteiger partial charge in [-0.1, -0.05) is 0 Å². The van der Waals surface area contributed by atoms with E-state index in [0.29, 0.717) is 6.04 Å². The first-order chi connectivity index (χ1) is 8.11.